The highest BCUT2D eigenvalue weighted by Crippen LogP contribution is 2.20. The maximum atomic E-state index is 13.4. The van der Waals surface area contributed by atoms with Gasteiger partial charge in [-0.1, -0.05) is 17.7 Å². The topological polar surface area (TPSA) is 86.6 Å². The van der Waals surface area contributed by atoms with Crippen LogP contribution < -0.4 is 5.32 Å². The number of nitrogens with one attached hydrogen (secondary N) is 1. The van der Waals surface area contributed by atoms with Crippen molar-refractivity contribution in [3.05, 3.63) is 40.7 Å². The number of carbonyl (C=O) groups excluding carboxylic acids is 1. The monoisotopic (exact) mass is 287 g/mol. The summed E-state index contributed by atoms with van der Waals surface area (Å²) in [5, 5.41) is 19.5. The summed E-state index contributed by atoms with van der Waals surface area (Å²) in [6, 6.07) is 2.64. The third kappa shape index (κ3) is 4.35. The summed E-state index contributed by atoms with van der Waals surface area (Å²) in [4.78, 5) is 21.9. The van der Waals surface area contributed by atoms with Gasteiger partial charge in [0, 0.05) is 11.6 Å². The second kappa shape index (κ2) is 6.86. The van der Waals surface area contributed by atoms with Crippen molar-refractivity contribution in [1.82, 2.24) is 5.32 Å². The Morgan fingerprint density at radius 2 is 2.16 bits per heavy atom. The first-order chi connectivity index (χ1) is 8.95. The van der Waals surface area contributed by atoms with Gasteiger partial charge in [0.25, 0.3) is 0 Å². The summed E-state index contributed by atoms with van der Waals surface area (Å²) in [5.41, 5.74) is 0.0233. The number of amides is 1. The zero-order chi connectivity index (χ0) is 14.4. The fourth-order valence-electron chi connectivity index (χ4n) is 1.23. The van der Waals surface area contributed by atoms with Crippen molar-refractivity contribution in [3.63, 3.8) is 0 Å². The molecule has 19 heavy (non-hydrogen) atoms. The van der Waals surface area contributed by atoms with Crippen molar-refractivity contribution in [1.29, 1.82) is 0 Å². The molecule has 3 N–H and O–H groups in total. The van der Waals surface area contributed by atoms with Gasteiger partial charge in [-0.15, -0.1) is 0 Å². The number of benzene rings is 1. The largest absolute Gasteiger partial charge is 0.480 e. The molecule has 5 nitrogen and oxygen atoms in total. The smallest absolute Gasteiger partial charge is 0.328 e. The van der Waals surface area contributed by atoms with Gasteiger partial charge >= 0.3 is 5.97 Å². The standard InChI is InChI=1S/C12H11ClFNO4/c13-8-2-1-3-9(14)7(8)4-5-11(17)15-10(6-16)12(18)19/h1-5,10,16H,6H2,(H,15,17)(H,18,19)/b5-4+/t10-/m0/s1. The second-order valence-electron chi connectivity index (χ2n) is 3.55. The molecule has 0 aliphatic heterocycles. The van der Waals surface area contributed by atoms with Gasteiger partial charge in [0.2, 0.25) is 5.91 Å². The summed E-state index contributed by atoms with van der Waals surface area (Å²) in [6.07, 6.45) is 2.07. The molecule has 0 heterocycles. The summed E-state index contributed by atoms with van der Waals surface area (Å²) in [6.45, 7) is -0.741. The molecule has 0 unspecified atom stereocenters. The van der Waals surface area contributed by atoms with Crippen molar-refractivity contribution in [2.45, 2.75) is 6.04 Å². The fourth-order valence-corrected chi connectivity index (χ4v) is 1.46. The minimum absolute atomic E-state index is 0.0233. The number of aliphatic hydroxyl groups excluding tert-OH is 1. The number of hydrogen-bond donors (Lipinski definition) is 3. The molecule has 102 valence electrons. The number of hydrogen-bond acceptors (Lipinski definition) is 3. The Balaban J connectivity index is 2.76. The Hall–Kier alpha value is -1.92. The van der Waals surface area contributed by atoms with Crippen LogP contribution in [0.25, 0.3) is 6.08 Å². The molecule has 0 saturated heterocycles. The lowest BCUT2D eigenvalue weighted by atomic mass is 10.2. The molecule has 1 amide bonds. The molecule has 1 atom stereocenters. The van der Waals surface area contributed by atoms with Gasteiger partial charge in [-0.2, -0.15) is 0 Å². The highest BCUT2D eigenvalue weighted by molar-refractivity contribution is 6.32. The van der Waals surface area contributed by atoms with Crippen LogP contribution in [-0.2, 0) is 9.59 Å². The molecule has 1 aromatic carbocycles. The van der Waals surface area contributed by atoms with Crippen molar-refractivity contribution in [2.24, 2.45) is 0 Å². The molecule has 0 aromatic heterocycles. The van der Waals surface area contributed by atoms with Crippen LogP contribution >= 0.6 is 11.6 Å². The van der Waals surface area contributed by atoms with E-state index in [1.807, 2.05) is 5.32 Å². The zero-order valence-electron chi connectivity index (χ0n) is 9.64. The van der Waals surface area contributed by atoms with Crippen molar-refractivity contribution >= 4 is 29.6 Å². The molecule has 7 heteroatoms. The van der Waals surface area contributed by atoms with E-state index in [9.17, 15) is 14.0 Å². The summed E-state index contributed by atoms with van der Waals surface area (Å²) < 4.78 is 13.4. The average Bonchev–Trinajstić information content (AvgIpc) is 2.35. The Bertz CT molecular complexity index is 498. The van der Waals surface area contributed by atoms with Crippen LogP contribution in [0.1, 0.15) is 5.56 Å². The van der Waals surface area contributed by atoms with E-state index in [-0.39, 0.29) is 10.6 Å². The number of carboxylic acids is 1. The Labute approximate surface area is 113 Å². The quantitative estimate of drug-likeness (QED) is 0.707. The molecule has 0 fully saturated rings. The molecule has 1 rings (SSSR count). The third-order valence-electron chi connectivity index (χ3n) is 2.20. The third-order valence-corrected chi connectivity index (χ3v) is 2.53. The minimum Gasteiger partial charge on any atom is -0.480 e. The molecule has 0 saturated carbocycles. The van der Waals surface area contributed by atoms with Gasteiger partial charge in [0.05, 0.1) is 11.6 Å². The van der Waals surface area contributed by atoms with Crippen LogP contribution in [0.3, 0.4) is 0 Å². The number of aliphatic hydroxyl groups is 1. The minimum atomic E-state index is -1.41. The normalized spacial score (nSPS) is 12.4. The van der Waals surface area contributed by atoms with E-state index in [0.717, 1.165) is 12.2 Å². The maximum Gasteiger partial charge on any atom is 0.328 e. The molecule has 0 radical (unpaired) electrons. The van der Waals surface area contributed by atoms with Gasteiger partial charge in [-0.25, -0.2) is 9.18 Å². The summed E-state index contributed by atoms with van der Waals surface area (Å²) in [7, 11) is 0. The van der Waals surface area contributed by atoms with Gasteiger partial charge in [0.15, 0.2) is 6.04 Å². The predicted molar refractivity (Wildman–Crippen MR) is 67.1 cm³/mol. The van der Waals surface area contributed by atoms with Crippen LogP contribution in [0.2, 0.25) is 5.02 Å². The number of rotatable bonds is 5. The van der Waals surface area contributed by atoms with Crippen molar-refractivity contribution in [2.75, 3.05) is 6.61 Å². The molecular formula is C12H11ClFNO4. The fraction of sp³-hybridized carbons (Fsp3) is 0.167. The van der Waals surface area contributed by atoms with Crippen molar-refractivity contribution in [3.8, 4) is 0 Å². The zero-order valence-corrected chi connectivity index (χ0v) is 10.4. The number of carbonyl (C=O) groups is 2. The Morgan fingerprint density at radius 3 is 2.68 bits per heavy atom. The van der Waals surface area contributed by atoms with Crippen LogP contribution in [0.15, 0.2) is 24.3 Å². The van der Waals surface area contributed by atoms with E-state index < -0.39 is 30.3 Å². The van der Waals surface area contributed by atoms with E-state index in [0.29, 0.717) is 0 Å². The lowest BCUT2D eigenvalue weighted by molar-refractivity contribution is -0.142. The van der Waals surface area contributed by atoms with Crippen LogP contribution in [-0.4, -0.2) is 34.7 Å². The molecule has 0 spiro atoms. The average molecular weight is 288 g/mol. The van der Waals surface area contributed by atoms with Gasteiger partial charge in [-0.05, 0) is 18.2 Å². The molecule has 0 bridgehead atoms. The van der Waals surface area contributed by atoms with E-state index >= 15 is 0 Å². The summed E-state index contributed by atoms with van der Waals surface area (Å²) in [5.74, 6) is -2.75. The molecular weight excluding hydrogens is 277 g/mol. The lowest BCUT2D eigenvalue weighted by Crippen LogP contribution is -2.42. The van der Waals surface area contributed by atoms with E-state index in [1.165, 1.54) is 18.2 Å². The molecule has 0 aliphatic carbocycles. The Kier molecular flexibility index (Phi) is 5.47. The van der Waals surface area contributed by atoms with E-state index in [1.54, 1.807) is 0 Å². The van der Waals surface area contributed by atoms with E-state index in [2.05, 4.69) is 0 Å². The highest BCUT2D eigenvalue weighted by atomic mass is 35.5. The molecule has 1 aromatic rings. The van der Waals surface area contributed by atoms with Gasteiger partial charge in [0.1, 0.15) is 5.82 Å². The SMILES string of the molecule is O=C(/C=C/c1c(F)cccc1Cl)N[C@@H](CO)C(=O)O. The predicted octanol–water partition coefficient (Wildman–Crippen LogP) is 1.05. The Morgan fingerprint density at radius 1 is 1.47 bits per heavy atom. The van der Waals surface area contributed by atoms with Crippen molar-refractivity contribution < 1.29 is 24.2 Å². The molecule has 0 aliphatic rings. The van der Waals surface area contributed by atoms with Crippen LogP contribution in [0.5, 0.6) is 0 Å². The first-order valence-corrected chi connectivity index (χ1v) is 5.59. The first kappa shape index (κ1) is 15.1. The second-order valence-corrected chi connectivity index (χ2v) is 3.96. The lowest BCUT2D eigenvalue weighted by Gasteiger charge is -2.09. The first-order valence-electron chi connectivity index (χ1n) is 5.22. The van der Waals surface area contributed by atoms with Gasteiger partial charge in [-0.3, -0.25) is 4.79 Å². The summed E-state index contributed by atoms with van der Waals surface area (Å²) >= 11 is 5.74. The van der Waals surface area contributed by atoms with Gasteiger partial charge < -0.3 is 15.5 Å². The highest BCUT2D eigenvalue weighted by Gasteiger charge is 2.17. The number of aliphatic carboxylic acids is 1. The van der Waals surface area contributed by atoms with Crippen LogP contribution in [0.4, 0.5) is 4.39 Å². The number of halogens is 2. The van der Waals surface area contributed by atoms with Crippen LogP contribution in [0, 0.1) is 5.82 Å². The van der Waals surface area contributed by atoms with E-state index in [4.69, 9.17) is 21.8 Å². The number of carboxylic acid groups (broad SMARTS) is 1. The maximum absolute atomic E-state index is 13.4.